The van der Waals surface area contributed by atoms with Crippen LogP contribution in [0.15, 0.2) is 24.3 Å². The Kier molecular flexibility index (Phi) is 4.99. The summed E-state index contributed by atoms with van der Waals surface area (Å²) in [4.78, 5) is 22.9. The molecule has 0 fully saturated rings. The molecule has 0 heterocycles. The minimum Gasteiger partial charge on any atom is -0.465 e. The van der Waals surface area contributed by atoms with Gasteiger partial charge in [0.15, 0.2) is 5.78 Å². The number of ketones is 1. The van der Waals surface area contributed by atoms with Gasteiger partial charge in [0.05, 0.1) is 12.7 Å². The Labute approximate surface area is 99.4 Å². The fourth-order valence-corrected chi connectivity index (χ4v) is 1.44. The molecule has 0 saturated heterocycles. The molecule has 1 aromatic carbocycles. The van der Waals surface area contributed by atoms with Gasteiger partial charge in [-0.2, -0.15) is 0 Å². The Morgan fingerprint density at radius 1 is 1.31 bits per heavy atom. The van der Waals surface area contributed by atoms with E-state index in [1.165, 1.54) is 7.11 Å². The molecule has 0 aliphatic carbocycles. The van der Waals surface area contributed by atoms with Crippen LogP contribution in [0, 0.1) is 0 Å². The van der Waals surface area contributed by atoms with Gasteiger partial charge in [0, 0.05) is 17.9 Å². The highest BCUT2D eigenvalue weighted by molar-refractivity contribution is 6.18. The summed E-state index contributed by atoms with van der Waals surface area (Å²) in [5.74, 6) is 0.0148. The molecule has 0 bridgehead atoms. The number of rotatable bonds is 5. The number of halogens is 1. The summed E-state index contributed by atoms with van der Waals surface area (Å²) >= 11 is 5.51. The van der Waals surface area contributed by atoms with Gasteiger partial charge in [-0.15, -0.1) is 11.6 Å². The molecule has 0 unspecified atom stereocenters. The molecule has 0 aliphatic heterocycles. The van der Waals surface area contributed by atoms with Crippen LogP contribution in [-0.4, -0.2) is 24.7 Å². The molecular weight excluding hydrogens is 228 g/mol. The van der Waals surface area contributed by atoms with E-state index in [0.717, 1.165) is 0 Å². The van der Waals surface area contributed by atoms with E-state index in [1.54, 1.807) is 24.3 Å². The molecule has 0 saturated carbocycles. The molecule has 0 amide bonds. The van der Waals surface area contributed by atoms with Gasteiger partial charge < -0.3 is 4.74 Å². The maximum atomic E-state index is 11.7. The van der Waals surface area contributed by atoms with Crippen LogP contribution in [0.4, 0.5) is 0 Å². The molecule has 16 heavy (non-hydrogen) atoms. The third-order valence-electron chi connectivity index (χ3n) is 2.14. The molecule has 3 nitrogen and oxygen atoms in total. The first-order valence-corrected chi connectivity index (χ1v) is 5.50. The van der Waals surface area contributed by atoms with Crippen LogP contribution < -0.4 is 0 Å². The van der Waals surface area contributed by atoms with Crippen molar-refractivity contribution in [2.45, 2.75) is 12.8 Å². The number of hydrogen-bond donors (Lipinski definition) is 0. The van der Waals surface area contributed by atoms with Crippen molar-refractivity contribution in [2.24, 2.45) is 0 Å². The molecule has 1 aromatic rings. The van der Waals surface area contributed by atoms with Crippen molar-refractivity contribution >= 4 is 23.4 Å². The summed E-state index contributed by atoms with van der Waals surface area (Å²) in [6.07, 6.45) is 1.04. The number of carbonyl (C=O) groups excluding carboxylic acids is 2. The summed E-state index contributed by atoms with van der Waals surface area (Å²) in [7, 11) is 1.31. The molecule has 0 spiro atoms. The zero-order chi connectivity index (χ0) is 12.0. The van der Waals surface area contributed by atoms with Gasteiger partial charge >= 0.3 is 5.97 Å². The van der Waals surface area contributed by atoms with Gasteiger partial charge in [0.2, 0.25) is 0 Å². The summed E-state index contributed by atoms with van der Waals surface area (Å²) < 4.78 is 4.58. The molecular formula is C12H13ClO3. The van der Waals surface area contributed by atoms with Crippen molar-refractivity contribution in [3.63, 3.8) is 0 Å². The third-order valence-corrected chi connectivity index (χ3v) is 2.41. The first-order valence-electron chi connectivity index (χ1n) is 4.96. The fraction of sp³-hybridized carbons (Fsp3) is 0.333. The zero-order valence-electron chi connectivity index (χ0n) is 9.03. The molecule has 1 rings (SSSR count). The Hall–Kier alpha value is -1.35. The minimum absolute atomic E-state index is 0.00796. The lowest BCUT2D eigenvalue weighted by atomic mass is 10.0. The monoisotopic (exact) mass is 240 g/mol. The molecule has 0 atom stereocenters. The van der Waals surface area contributed by atoms with Crippen molar-refractivity contribution in [3.8, 4) is 0 Å². The van der Waals surface area contributed by atoms with Gasteiger partial charge in [0.25, 0.3) is 0 Å². The zero-order valence-corrected chi connectivity index (χ0v) is 9.79. The Balaban J connectivity index is 2.81. The van der Waals surface area contributed by atoms with E-state index < -0.39 is 5.97 Å². The van der Waals surface area contributed by atoms with Crippen LogP contribution in [-0.2, 0) is 4.74 Å². The van der Waals surface area contributed by atoms with Crippen molar-refractivity contribution in [1.82, 2.24) is 0 Å². The molecule has 0 aliphatic rings. The van der Waals surface area contributed by atoms with Gasteiger partial charge in [-0.25, -0.2) is 4.79 Å². The average Bonchev–Trinajstić information content (AvgIpc) is 2.35. The second kappa shape index (κ2) is 6.28. The standard InChI is InChI=1S/C12H13ClO3/c1-16-12(15)10-5-2-4-9(8-10)11(14)6-3-7-13/h2,4-5,8H,3,6-7H2,1H3. The van der Waals surface area contributed by atoms with Crippen molar-refractivity contribution in [1.29, 1.82) is 0 Å². The van der Waals surface area contributed by atoms with Gasteiger partial charge in [0.1, 0.15) is 0 Å². The first-order chi connectivity index (χ1) is 7.69. The Bertz CT molecular complexity index is 388. The number of alkyl halides is 1. The largest absolute Gasteiger partial charge is 0.465 e. The number of ether oxygens (including phenoxy) is 1. The maximum absolute atomic E-state index is 11.7. The minimum atomic E-state index is -0.438. The van der Waals surface area contributed by atoms with Gasteiger partial charge in [-0.3, -0.25) is 4.79 Å². The second-order valence-corrected chi connectivity index (χ2v) is 3.67. The SMILES string of the molecule is COC(=O)c1cccc(C(=O)CCCCl)c1. The molecule has 0 aromatic heterocycles. The van der Waals surface area contributed by atoms with Crippen LogP contribution in [0.25, 0.3) is 0 Å². The van der Waals surface area contributed by atoms with Crippen molar-refractivity contribution < 1.29 is 14.3 Å². The predicted octanol–water partition coefficient (Wildman–Crippen LogP) is 2.67. The van der Waals surface area contributed by atoms with E-state index in [0.29, 0.717) is 29.8 Å². The first kappa shape index (κ1) is 12.7. The number of benzene rings is 1. The van der Waals surface area contributed by atoms with Crippen LogP contribution >= 0.6 is 11.6 Å². The van der Waals surface area contributed by atoms with Crippen LogP contribution in [0.3, 0.4) is 0 Å². The van der Waals surface area contributed by atoms with Crippen molar-refractivity contribution in [3.05, 3.63) is 35.4 Å². The van der Waals surface area contributed by atoms with Gasteiger partial charge in [-0.05, 0) is 18.6 Å². The normalized spacial score (nSPS) is 9.88. The number of methoxy groups -OCH3 is 1. The van der Waals surface area contributed by atoms with Crippen LogP contribution in [0.5, 0.6) is 0 Å². The highest BCUT2D eigenvalue weighted by Gasteiger charge is 2.09. The third kappa shape index (κ3) is 3.35. The van der Waals surface area contributed by atoms with E-state index in [1.807, 2.05) is 0 Å². The maximum Gasteiger partial charge on any atom is 0.337 e. The summed E-state index contributed by atoms with van der Waals surface area (Å²) in [6, 6.07) is 6.51. The molecule has 4 heteroatoms. The van der Waals surface area contributed by atoms with E-state index in [2.05, 4.69) is 4.74 Å². The fourth-order valence-electron chi connectivity index (χ4n) is 1.31. The molecule has 0 N–H and O–H groups in total. The van der Waals surface area contributed by atoms with Crippen LogP contribution in [0.2, 0.25) is 0 Å². The summed E-state index contributed by atoms with van der Waals surface area (Å²) in [6.45, 7) is 0. The lowest BCUT2D eigenvalue weighted by molar-refractivity contribution is 0.0600. The van der Waals surface area contributed by atoms with E-state index in [-0.39, 0.29) is 5.78 Å². The molecule has 86 valence electrons. The van der Waals surface area contributed by atoms with Crippen molar-refractivity contribution in [2.75, 3.05) is 13.0 Å². The van der Waals surface area contributed by atoms with Crippen LogP contribution in [0.1, 0.15) is 33.6 Å². The van der Waals surface area contributed by atoms with E-state index in [4.69, 9.17) is 11.6 Å². The number of Topliss-reactive ketones (excluding diaryl/α,β-unsaturated/α-hetero) is 1. The topological polar surface area (TPSA) is 43.4 Å². The highest BCUT2D eigenvalue weighted by atomic mass is 35.5. The number of esters is 1. The number of carbonyl (C=O) groups is 2. The van der Waals surface area contributed by atoms with Gasteiger partial charge in [-0.1, -0.05) is 12.1 Å². The predicted molar refractivity (Wildman–Crippen MR) is 62.1 cm³/mol. The van der Waals surface area contributed by atoms with E-state index >= 15 is 0 Å². The molecule has 0 radical (unpaired) electrons. The van der Waals surface area contributed by atoms with E-state index in [9.17, 15) is 9.59 Å². The summed E-state index contributed by atoms with van der Waals surface area (Å²) in [5, 5.41) is 0. The Morgan fingerprint density at radius 2 is 2.00 bits per heavy atom. The lowest BCUT2D eigenvalue weighted by Crippen LogP contribution is -2.05. The smallest absolute Gasteiger partial charge is 0.337 e. The highest BCUT2D eigenvalue weighted by Crippen LogP contribution is 2.10. The Morgan fingerprint density at radius 3 is 2.62 bits per heavy atom. The lowest BCUT2D eigenvalue weighted by Gasteiger charge is -2.02. The average molecular weight is 241 g/mol. The second-order valence-electron chi connectivity index (χ2n) is 3.29. The number of hydrogen-bond acceptors (Lipinski definition) is 3. The quantitative estimate of drug-likeness (QED) is 0.452. The summed E-state index contributed by atoms with van der Waals surface area (Å²) in [5.41, 5.74) is 0.909.